The number of hydrogen-bond acceptors (Lipinski definition) is 4. The predicted octanol–water partition coefficient (Wildman–Crippen LogP) is 1.92. The van der Waals surface area contributed by atoms with E-state index in [2.05, 4.69) is 5.32 Å². The third-order valence-corrected chi connectivity index (χ3v) is 2.84. The van der Waals surface area contributed by atoms with Crippen molar-refractivity contribution in [3.05, 3.63) is 35.9 Å². The topological polar surface area (TPSA) is 81.4 Å². The summed E-state index contributed by atoms with van der Waals surface area (Å²) in [6, 6.07) is 7.50. The van der Waals surface area contributed by atoms with Gasteiger partial charge in [-0.25, -0.2) is 4.79 Å². The fourth-order valence-corrected chi connectivity index (χ4v) is 1.72. The zero-order valence-electron chi connectivity index (χ0n) is 13.1. The molecule has 2 unspecified atom stereocenters. The quantitative estimate of drug-likeness (QED) is 0.812. The van der Waals surface area contributed by atoms with Gasteiger partial charge in [-0.05, 0) is 32.8 Å². The van der Waals surface area contributed by atoms with E-state index in [-0.39, 0.29) is 5.91 Å². The SMILES string of the molecule is CCC(N)C(=O)NC(C(=O)OC(C)(C)C)c1ccccc1. The Morgan fingerprint density at radius 3 is 2.29 bits per heavy atom. The minimum atomic E-state index is -0.851. The van der Waals surface area contributed by atoms with Crippen LogP contribution < -0.4 is 11.1 Å². The summed E-state index contributed by atoms with van der Waals surface area (Å²) in [6.07, 6.45) is 0.502. The highest BCUT2D eigenvalue weighted by Gasteiger charge is 2.29. The van der Waals surface area contributed by atoms with Gasteiger partial charge in [0.1, 0.15) is 5.60 Å². The summed E-state index contributed by atoms with van der Waals surface area (Å²) in [5.74, 6) is -0.859. The van der Waals surface area contributed by atoms with Crippen molar-refractivity contribution in [1.82, 2.24) is 5.32 Å². The van der Waals surface area contributed by atoms with Crippen LogP contribution in [0.3, 0.4) is 0 Å². The molecule has 0 aliphatic rings. The smallest absolute Gasteiger partial charge is 0.333 e. The van der Waals surface area contributed by atoms with Crippen LogP contribution in [-0.4, -0.2) is 23.5 Å². The van der Waals surface area contributed by atoms with E-state index in [9.17, 15) is 9.59 Å². The second-order valence-corrected chi connectivity index (χ2v) is 5.90. The molecule has 3 N–H and O–H groups in total. The van der Waals surface area contributed by atoms with Crippen molar-refractivity contribution in [2.75, 3.05) is 0 Å². The largest absolute Gasteiger partial charge is 0.458 e. The Morgan fingerprint density at radius 1 is 1.24 bits per heavy atom. The highest BCUT2D eigenvalue weighted by molar-refractivity contribution is 5.88. The molecule has 5 heteroatoms. The Labute approximate surface area is 125 Å². The molecule has 0 spiro atoms. The summed E-state index contributed by atoms with van der Waals surface area (Å²) >= 11 is 0. The van der Waals surface area contributed by atoms with Crippen molar-refractivity contribution in [2.24, 2.45) is 5.73 Å². The van der Waals surface area contributed by atoms with Crippen LogP contribution in [0, 0.1) is 0 Å². The van der Waals surface area contributed by atoms with Gasteiger partial charge in [0.25, 0.3) is 0 Å². The van der Waals surface area contributed by atoms with E-state index in [0.29, 0.717) is 12.0 Å². The summed E-state index contributed by atoms with van der Waals surface area (Å²) in [6.45, 7) is 7.17. The van der Waals surface area contributed by atoms with E-state index in [1.807, 2.05) is 13.0 Å². The highest BCUT2D eigenvalue weighted by Crippen LogP contribution is 2.18. The summed E-state index contributed by atoms with van der Waals surface area (Å²) in [7, 11) is 0. The Morgan fingerprint density at radius 2 is 1.81 bits per heavy atom. The maximum absolute atomic E-state index is 12.3. The minimum absolute atomic E-state index is 0.364. The monoisotopic (exact) mass is 292 g/mol. The first-order chi connectivity index (χ1) is 9.74. The number of hydrogen-bond donors (Lipinski definition) is 2. The molecule has 5 nitrogen and oxygen atoms in total. The average Bonchev–Trinajstić information content (AvgIpc) is 2.42. The Bertz CT molecular complexity index is 480. The first kappa shape index (κ1) is 17.2. The molecule has 1 aromatic carbocycles. The maximum Gasteiger partial charge on any atom is 0.333 e. The van der Waals surface area contributed by atoms with Gasteiger partial charge in [-0.1, -0.05) is 37.3 Å². The molecule has 0 aromatic heterocycles. The van der Waals surface area contributed by atoms with Crippen LogP contribution in [0.25, 0.3) is 0 Å². The fraction of sp³-hybridized carbons (Fsp3) is 0.500. The lowest BCUT2D eigenvalue weighted by atomic mass is 10.1. The fourth-order valence-electron chi connectivity index (χ4n) is 1.72. The summed E-state index contributed by atoms with van der Waals surface area (Å²) in [5.41, 5.74) is 5.75. The van der Waals surface area contributed by atoms with Crippen LogP contribution >= 0.6 is 0 Å². The molecule has 0 saturated carbocycles. The molecule has 1 amide bonds. The molecule has 0 aliphatic heterocycles. The lowest BCUT2D eigenvalue weighted by Gasteiger charge is -2.25. The molecule has 116 valence electrons. The van der Waals surface area contributed by atoms with Crippen LogP contribution in [0.4, 0.5) is 0 Å². The lowest BCUT2D eigenvalue weighted by Crippen LogP contribution is -2.45. The van der Waals surface area contributed by atoms with Crippen LogP contribution in [0.5, 0.6) is 0 Å². The highest BCUT2D eigenvalue weighted by atomic mass is 16.6. The number of nitrogens with two attached hydrogens (primary N) is 1. The van der Waals surface area contributed by atoms with Crippen molar-refractivity contribution in [3.8, 4) is 0 Å². The molecule has 0 fully saturated rings. The Hall–Kier alpha value is -1.88. The van der Waals surface area contributed by atoms with E-state index in [1.165, 1.54) is 0 Å². The molecule has 1 aromatic rings. The number of amides is 1. The third-order valence-electron chi connectivity index (χ3n) is 2.84. The van der Waals surface area contributed by atoms with E-state index >= 15 is 0 Å². The number of rotatable bonds is 5. The zero-order chi connectivity index (χ0) is 16.0. The molecule has 0 saturated heterocycles. The number of benzene rings is 1. The van der Waals surface area contributed by atoms with Gasteiger partial charge in [0.2, 0.25) is 5.91 Å². The minimum Gasteiger partial charge on any atom is -0.458 e. The Balaban J connectivity index is 2.96. The van der Waals surface area contributed by atoms with Gasteiger partial charge < -0.3 is 15.8 Å². The van der Waals surface area contributed by atoms with Gasteiger partial charge in [-0.3, -0.25) is 4.79 Å². The molecule has 0 radical (unpaired) electrons. The van der Waals surface area contributed by atoms with Gasteiger partial charge >= 0.3 is 5.97 Å². The summed E-state index contributed by atoms with van der Waals surface area (Å²) < 4.78 is 5.37. The molecule has 0 heterocycles. The van der Waals surface area contributed by atoms with E-state index in [4.69, 9.17) is 10.5 Å². The number of esters is 1. The van der Waals surface area contributed by atoms with Crippen molar-refractivity contribution < 1.29 is 14.3 Å². The van der Waals surface area contributed by atoms with Crippen molar-refractivity contribution >= 4 is 11.9 Å². The van der Waals surface area contributed by atoms with Crippen molar-refractivity contribution in [3.63, 3.8) is 0 Å². The number of ether oxygens (including phenoxy) is 1. The molecule has 2 atom stereocenters. The van der Waals surface area contributed by atoms with Gasteiger partial charge in [0.15, 0.2) is 6.04 Å². The Kier molecular flexibility index (Phi) is 5.90. The first-order valence-electron chi connectivity index (χ1n) is 7.08. The van der Waals surface area contributed by atoms with Gasteiger partial charge in [0.05, 0.1) is 6.04 Å². The molecular weight excluding hydrogens is 268 g/mol. The molecule has 1 rings (SSSR count). The molecular formula is C16H24N2O3. The average molecular weight is 292 g/mol. The molecule has 21 heavy (non-hydrogen) atoms. The molecule has 0 aliphatic carbocycles. The standard InChI is InChI=1S/C16H24N2O3/c1-5-12(17)14(19)18-13(11-9-7-6-8-10-11)15(20)21-16(2,3)4/h6-10,12-13H,5,17H2,1-4H3,(H,18,19). The van der Waals surface area contributed by atoms with E-state index in [1.54, 1.807) is 45.0 Å². The van der Waals surface area contributed by atoms with Crippen LogP contribution in [0.15, 0.2) is 30.3 Å². The van der Waals surface area contributed by atoms with Crippen LogP contribution in [0.2, 0.25) is 0 Å². The van der Waals surface area contributed by atoms with Crippen molar-refractivity contribution in [2.45, 2.75) is 51.8 Å². The predicted molar refractivity (Wildman–Crippen MR) is 81.4 cm³/mol. The van der Waals surface area contributed by atoms with E-state index < -0.39 is 23.7 Å². The van der Waals surface area contributed by atoms with Crippen molar-refractivity contribution in [1.29, 1.82) is 0 Å². The van der Waals surface area contributed by atoms with Gasteiger partial charge in [-0.15, -0.1) is 0 Å². The normalized spacial score (nSPS) is 14.1. The van der Waals surface area contributed by atoms with Crippen LogP contribution in [-0.2, 0) is 14.3 Å². The van der Waals surface area contributed by atoms with Crippen LogP contribution in [0.1, 0.15) is 45.7 Å². The zero-order valence-corrected chi connectivity index (χ0v) is 13.1. The number of carbonyl (C=O) groups is 2. The second kappa shape index (κ2) is 7.22. The van der Waals surface area contributed by atoms with Gasteiger partial charge in [0, 0.05) is 0 Å². The summed E-state index contributed by atoms with van der Waals surface area (Å²) in [5, 5.41) is 2.67. The second-order valence-electron chi connectivity index (χ2n) is 5.90. The van der Waals surface area contributed by atoms with E-state index in [0.717, 1.165) is 0 Å². The first-order valence-corrected chi connectivity index (χ1v) is 7.08. The number of carbonyl (C=O) groups excluding carboxylic acids is 2. The lowest BCUT2D eigenvalue weighted by molar-refractivity contribution is -0.159. The number of nitrogens with one attached hydrogen (secondary N) is 1. The summed E-state index contributed by atoms with van der Waals surface area (Å²) in [4.78, 5) is 24.3. The molecule has 0 bridgehead atoms. The van der Waals surface area contributed by atoms with Gasteiger partial charge in [-0.2, -0.15) is 0 Å². The third kappa shape index (κ3) is 5.55. The maximum atomic E-state index is 12.3.